The van der Waals surface area contributed by atoms with Crippen LogP contribution in [-0.4, -0.2) is 131 Å². The molecule has 0 saturated carbocycles. The lowest BCUT2D eigenvalue weighted by Crippen LogP contribution is -2.16. The maximum Gasteiger partial charge on any atom is 0.306 e. The van der Waals surface area contributed by atoms with E-state index in [-0.39, 0.29) is 73.5 Å². The zero-order valence-electron chi connectivity index (χ0n) is 39.5. The second-order valence-electron chi connectivity index (χ2n) is 18.0. The number of esters is 2. The molecule has 360 valence electrons. The Labute approximate surface area is 391 Å². The Morgan fingerprint density at radius 2 is 0.746 bits per heavy atom. The van der Waals surface area contributed by atoms with Crippen molar-refractivity contribution in [1.82, 2.24) is 30.0 Å². The van der Waals surface area contributed by atoms with Gasteiger partial charge >= 0.3 is 11.9 Å². The Morgan fingerprint density at radius 3 is 1.03 bits per heavy atom. The zero-order valence-corrected chi connectivity index (χ0v) is 39.5. The zero-order chi connectivity index (χ0) is 47.8. The number of hydrogen-bond acceptors (Lipinski definition) is 15. The highest BCUT2D eigenvalue weighted by Gasteiger charge is 2.25. The molecule has 0 aliphatic carbocycles. The topological polar surface area (TPSA) is 201 Å². The summed E-state index contributed by atoms with van der Waals surface area (Å²) in [7, 11) is 0. The van der Waals surface area contributed by atoms with Crippen LogP contribution in [0.4, 0.5) is 0 Å². The summed E-state index contributed by atoms with van der Waals surface area (Å²) >= 11 is 0. The predicted octanol–water partition coefficient (Wildman–Crippen LogP) is 6.90. The summed E-state index contributed by atoms with van der Waals surface area (Å²) in [5.74, 6) is -0.465. The smallest absolute Gasteiger partial charge is 0.306 e. The van der Waals surface area contributed by atoms with E-state index < -0.39 is 0 Å². The van der Waals surface area contributed by atoms with E-state index in [1.54, 1.807) is 0 Å². The molecule has 0 amide bonds. The molecule has 4 aromatic carbocycles. The van der Waals surface area contributed by atoms with Crippen molar-refractivity contribution < 1.29 is 53.0 Å². The molecule has 0 unspecified atom stereocenters. The van der Waals surface area contributed by atoms with E-state index in [1.165, 1.54) is 9.59 Å². The number of phenolic OH excluding ortho intramolecular Hbond substituents is 2. The van der Waals surface area contributed by atoms with Gasteiger partial charge < -0.3 is 43.4 Å². The van der Waals surface area contributed by atoms with Gasteiger partial charge in [0.25, 0.3) is 0 Å². The Kier molecular flexibility index (Phi) is 18.2. The van der Waals surface area contributed by atoms with Crippen LogP contribution in [0.2, 0.25) is 0 Å². The fraction of sp³-hybridized carbons (Fsp3) is 0.480. The quantitative estimate of drug-likeness (QED) is 0.0420. The van der Waals surface area contributed by atoms with Gasteiger partial charge in [-0.3, -0.25) is 9.59 Å². The maximum absolute atomic E-state index is 12.5. The van der Waals surface area contributed by atoms with E-state index in [9.17, 15) is 19.8 Å². The third kappa shape index (κ3) is 15.0. The van der Waals surface area contributed by atoms with Gasteiger partial charge in [0, 0.05) is 24.0 Å². The van der Waals surface area contributed by atoms with Crippen molar-refractivity contribution in [1.29, 1.82) is 0 Å². The van der Waals surface area contributed by atoms with Gasteiger partial charge in [-0.2, -0.15) is 0 Å². The molecule has 17 heteroatoms. The monoisotopic (exact) mass is 924 g/mol. The van der Waals surface area contributed by atoms with Crippen LogP contribution in [-0.2, 0) is 66.4 Å². The molecule has 0 bridgehead atoms. The number of ether oxygens (including phenoxy) is 7. The Balaban J connectivity index is 0.742. The third-order valence-electron chi connectivity index (χ3n) is 10.6. The van der Waals surface area contributed by atoms with Gasteiger partial charge in [-0.05, 0) is 71.2 Å². The molecule has 2 heterocycles. The Hall–Kier alpha value is -5.98. The highest BCUT2D eigenvalue weighted by atomic mass is 16.6. The van der Waals surface area contributed by atoms with E-state index in [1.807, 2.05) is 114 Å². The highest BCUT2D eigenvalue weighted by molar-refractivity contribution is 5.75. The van der Waals surface area contributed by atoms with Crippen LogP contribution in [0.1, 0.15) is 76.6 Å². The van der Waals surface area contributed by atoms with Crippen LogP contribution in [0.25, 0.3) is 33.4 Å². The molecular weight excluding hydrogens is 861 g/mol. The summed E-state index contributed by atoms with van der Waals surface area (Å²) in [6, 6.07) is 22.5. The molecule has 0 saturated heterocycles. The first-order valence-corrected chi connectivity index (χ1v) is 22.7. The fourth-order valence-corrected chi connectivity index (χ4v) is 7.07. The number of carbonyl (C=O) groups is 2. The summed E-state index contributed by atoms with van der Waals surface area (Å²) in [6.45, 7) is 15.9. The average Bonchev–Trinajstić information content (AvgIpc) is 3.93. The standard InChI is InChI=1S/C50H64N6O11/c1-49(2,3)37-31-35(33-43(47(37)59)55-51-39-11-7-8-12-40(39)52-55)15-17-45(57)66-29-27-64-25-23-62-21-19-61-20-22-63-24-26-65-28-30-67-46(58)18-16-36-32-38(50(4,5)6)48(60)44(34-36)56-53-41-13-9-10-14-42(41)54-56/h7-14,31-34,59-60H,15-30H2,1-6H3. The summed E-state index contributed by atoms with van der Waals surface area (Å²) in [5.41, 5.74) is 6.30. The number of rotatable bonds is 26. The average molecular weight is 925 g/mol. The van der Waals surface area contributed by atoms with Crippen molar-refractivity contribution in [2.24, 2.45) is 0 Å². The van der Waals surface area contributed by atoms with Gasteiger partial charge in [0.2, 0.25) is 0 Å². The lowest BCUT2D eigenvalue weighted by molar-refractivity contribution is -0.146. The van der Waals surface area contributed by atoms with E-state index in [4.69, 9.17) is 33.2 Å². The minimum Gasteiger partial charge on any atom is -0.505 e. The molecule has 17 nitrogen and oxygen atoms in total. The second kappa shape index (κ2) is 24.2. The first-order valence-electron chi connectivity index (χ1n) is 22.7. The molecule has 0 spiro atoms. The van der Waals surface area contributed by atoms with E-state index in [2.05, 4.69) is 20.4 Å². The molecule has 0 aliphatic rings. The number of carbonyl (C=O) groups excluding carboxylic acids is 2. The van der Waals surface area contributed by atoms with E-state index >= 15 is 0 Å². The first kappa shape index (κ1) is 50.4. The molecule has 67 heavy (non-hydrogen) atoms. The van der Waals surface area contributed by atoms with Crippen LogP contribution in [0.3, 0.4) is 0 Å². The van der Waals surface area contributed by atoms with Gasteiger partial charge in [-0.25, -0.2) is 0 Å². The summed E-state index contributed by atoms with van der Waals surface area (Å²) in [5, 5.41) is 40.5. The number of fused-ring (bicyclic) bond motifs is 2. The van der Waals surface area contributed by atoms with Crippen molar-refractivity contribution in [3.63, 3.8) is 0 Å². The van der Waals surface area contributed by atoms with Gasteiger partial charge in [0.1, 0.15) is 58.2 Å². The largest absolute Gasteiger partial charge is 0.505 e. The molecule has 2 aromatic heterocycles. The first-order chi connectivity index (χ1) is 32.2. The maximum atomic E-state index is 12.5. The SMILES string of the molecule is CC(C)(C)c1cc(CCC(=O)OCCOCCOCCOCCOCCOCCOC(=O)CCc2cc(-n3nc4ccccc4n3)c(O)c(C(C)(C)C)c2)cc(-n2nc3ccccc3n2)c1O. The van der Waals surface area contributed by atoms with Crippen LogP contribution in [0, 0.1) is 0 Å². The fourth-order valence-electron chi connectivity index (χ4n) is 7.07. The number of aryl methyl sites for hydroxylation is 2. The Morgan fingerprint density at radius 1 is 0.463 bits per heavy atom. The molecule has 0 fully saturated rings. The van der Waals surface area contributed by atoms with Crippen LogP contribution in [0.5, 0.6) is 11.5 Å². The van der Waals surface area contributed by atoms with Crippen LogP contribution >= 0.6 is 0 Å². The highest BCUT2D eigenvalue weighted by Crippen LogP contribution is 2.38. The molecule has 2 N–H and O–H groups in total. The number of aromatic hydroxyl groups is 2. The molecule has 6 rings (SSSR count). The molecule has 0 aliphatic heterocycles. The second-order valence-corrected chi connectivity index (χ2v) is 18.0. The number of phenols is 2. The van der Waals surface area contributed by atoms with Gasteiger partial charge in [-0.15, -0.1) is 30.0 Å². The van der Waals surface area contributed by atoms with Gasteiger partial charge in [0.15, 0.2) is 0 Å². The lowest BCUT2D eigenvalue weighted by Gasteiger charge is -2.23. The van der Waals surface area contributed by atoms with Gasteiger partial charge in [-0.1, -0.05) is 77.9 Å². The molecule has 0 radical (unpaired) electrons. The van der Waals surface area contributed by atoms with Crippen molar-refractivity contribution >= 4 is 34.0 Å². The van der Waals surface area contributed by atoms with Gasteiger partial charge in [0.05, 0.1) is 66.1 Å². The normalized spacial score (nSPS) is 12.0. The van der Waals surface area contributed by atoms with Crippen molar-refractivity contribution in [2.45, 2.75) is 78.1 Å². The minimum atomic E-state index is -0.352. The minimum absolute atomic E-state index is 0.110. The third-order valence-corrected chi connectivity index (χ3v) is 10.6. The molecular formula is C50H64N6O11. The van der Waals surface area contributed by atoms with Crippen molar-refractivity contribution in [3.05, 3.63) is 95.1 Å². The number of benzene rings is 4. The number of hydrogen-bond donors (Lipinski definition) is 2. The van der Waals surface area contributed by atoms with Crippen molar-refractivity contribution in [2.75, 3.05) is 79.3 Å². The predicted molar refractivity (Wildman–Crippen MR) is 251 cm³/mol. The van der Waals surface area contributed by atoms with Crippen molar-refractivity contribution in [3.8, 4) is 22.9 Å². The van der Waals surface area contributed by atoms with Crippen LogP contribution in [0.15, 0.2) is 72.8 Å². The number of nitrogens with zero attached hydrogens (tertiary/aromatic N) is 6. The molecule has 6 aromatic rings. The van der Waals surface area contributed by atoms with E-state index in [0.29, 0.717) is 77.1 Å². The number of aromatic nitrogens is 6. The summed E-state index contributed by atoms with van der Waals surface area (Å²) < 4.78 is 38.4. The van der Waals surface area contributed by atoms with Crippen LogP contribution < -0.4 is 0 Å². The lowest BCUT2D eigenvalue weighted by atomic mass is 9.84. The molecule has 0 atom stereocenters. The Bertz CT molecular complexity index is 2300. The van der Waals surface area contributed by atoms with E-state index in [0.717, 1.165) is 44.3 Å². The summed E-state index contributed by atoms with van der Waals surface area (Å²) in [6.07, 6.45) is 1.18. The summed E-state index contributed by atoms with van der Waals surface area (Å²) in [4.78, 5) is 28.0.